The summed E-state index contributed by atoms with van der Waals surface area (Å²) in [6.07, 6.45) is 6.66. The van der Waals surface area contributed by atoms with Gasteiger partial charge >= 0.3 is 0 Å². The van der Waals surface area contributed by atoms with E-state index < -0.39 is 0 Å². The molecule has 0 unspecified atom stereocenters. The first-order valence-electron chi connectivity index (χ1n) is 10.3. The smallest absolute Gasteiger partial charge is 0.277 e. The highest BCUT2D eigenvalue weighted by molar-refractivity contribution is 5.77. The molecular weight excluding hydrogens is 326 g/mol. The third kappa shape index (κ3) is 3.83. The molecule has 2 heterocycles. The standard InChI is InChI=1S/C21H31N3O2/c25-20-8-4-3-7-19(20)23-13-11-22(12-14-23)16-21(26)24-10-9-17-5-1-2-6-18(17)15-24/h3-4,7-8,17-18,25H,1-2,5-6,9-16H2/p+1/t17-,18+/m0/s1. The number of likely N-dealkylation sites (tertiary alicyclic amines) is 1. The van der Waals surface area contributed by atoms with Crippen molar-refractivity contribution in [1.29, 1.82) is 0 Å². The summed E-state index contributed by atoms with van der Waals surface area (Å²) in [6, 6.07) is 7.54. The van der Waals surface area contributed by atoms with Gasteiger partial charge in [0.15, 0.2) is 6.54 Å². The minimum Gasteiger partial charge on any atom is -0.506 e. The summed E-state index contributed by atoms with van der Waals surface area (Å²) in [5, 5.41) is 10.0. The Morgan fingerprint density at radius 2 is 1.77 bits per heavy atom. The third-order valence-electron chi connectivity index (χ3n) is 6.74. The van der Waals surface area contributed by atoms with Gasteiger partial charge < -0.3 is 19.8 Å². The molecule has 5 nitrogen and oxygen atoms in total. The monoisotopic (exact) mass is 358 g/mol. The van der Waals surface area contributed by atoms with Crippen LogP contribution in [0.2, 0.25) is 0 Å². The van der Waals surface area contributed by atoms with E-state index in [1.807, 2.05) is 18.2 Å². The molecule has 4 rings (SSSR count). The molecule has 2 saturated heterocycles. The van der Waals surface area contributed by atoms with Crippen molar-refractivity contribution >= 4 is 11.6 Å². The van der Waals surface area contributed by atoms with E-state index in [1.54, 1.807) is 6.07 Å². The Bertz CT molecular complexity index is 627. The second-order valence-electron chi connectivity index (χ2n) is 8.34. The molecule has 0 spiro atoms. The van der Waals surface area contributed by atoms with E-state index in [1.165, 1.54) is 37.0 Å². The number of nitrogens with zero attached hydrogens (tertiary/aromatic N) is 2. The molecule has 2 atom stereocenters. The highest BCUT2D eigenvalue weighted by Crippen LogP contribution is 2.35. The lowest BCUT2D eigenvalue weighted by Crippen LogP contribution is -3.16. The van der Waals surface area contributed by atoms with Gasteiger partial charge in [-0.25, -0.2) is 0 Å². The van der Waals surface area contributed by atoms with Gasteiger partial charge in [-0.05, 0) is 36.8 Å². The van der Waals surface area contributed by atoms with Gasteiger partial charge in [-0.2, -0.15) is 0 Å². The quantitative estimate of drug-likeness (QED) is 0.852. The topological polar surface area (TPSA) is 48.2 Å². The fraction of sp³-hybridized carbons (Fsp3) is 0.667. The Balaban J connectivity index is 1.26. The third-order valence-corrected chi connectivity index (χ3v) is 6.74. The number of aromatic hydroxyl groups is 1. The second kappa shape index (κ2) is 7.87. The molecule has 2 aliphatic heterocycles. The average Bonchev–Trinajstić information content (AvgIpc) is 2.69. The Morgan fingerprint density at radius 3 is 2.54 bits per heavy atom. The Morgan fingerprint density at radius 1 is 1.04 bits per heavy atom. The molecule has 142 valence electrons. The number of piperazine rings is 1. The zero-order chi connectivity index (χ0) is 17.9. The number of anilines is 1. The van der Waals surface area contributed by atoms with Crippen molar-refractivity contribution in [3.63, 3.8) is 0 Å². The minimum absolute atomic E-state index is 0.347. The number of hydrogen-bond donors (Lipinski definition) is 2. The van der Waals surface area contributed by atoms with E-state index in [0.717, 1.165) is 56.8 Å². The number of carbonyl (C=O) groups excluding carboxylic acids is 1. The number of piperidine rings is 1. The van der Waals surface area contributed by atoms with Crippen molar-refractivity contribution in [2.24, 2.45) is 11.8 Å². The van der Waals surface area contributed by atoms with Gasteiger partial charge in [0.2, 0.25) is 0 Å². The van der Waals surface area contributed by atoms with Crippen LogP contribution in [0.1, 0.15) is 32.1 Å². The van der Waals surface area contributed by atoms with Crippen molar-refractivity contribution in [2.75, 3.05) is 50.7 Å². The summed E-state index contributed by atoms with van der Waals surface area (Å²) in [4.78, 5) is 18.6. The number of benzene rings is 1. The molecule has 26 heavy (non-hydrogen) atoms. The molecule has 1 saturated carbocycles. The molecule has 1 aromatic rings. The van der Waals surface area contributed by atoms with Crippen molar-refractivity contribution in [1.82, 2.24) is 4.90 Å². The fourth-order valence-electron chi connectivity index (χ4n) is 5.13. The maximum absolute atomic E-state index is 12.8. The summed E-state index contributed by atoms with van der Waals surface area (Å²) in [6.45, 7) is 6.31. The summed E-state index contributed by atoms with van der Waals surface area (Å²) >= 11 is 0. The minimum atomic E-state index is 0.347. The normalized spacial score (nSPS) is 27.2. The zero-order valence-corrected chi connectivity index (χ0v) is 15.7. The van der Waals surface area contributed by atoms with Crippen LogP contribution in [0.4, 0.5) is 5.69 Å². The molecule has 0 radical (unpaired) electrons. The Kier molecular flexibility index (Phi) is 5.34. The predicted molar refractivity (Wildman–Crippen MR) is 103 cm³/mol. The van der Waals surface area contributed by atoms with Gasteiger partial charge in [0.05, 0.1) is 31.9 Å². The first kappa shape index (κ1) is 17.7. The lowest BCUT2D eigenvalue weighted by Gasteiger charge is -2.41. The average molecular weight is 359 g/mol. The zero-order valence-electron chi connectivity index (χ0n) is 15.7. The maximum Gasteiger partial charge on any atom is 0.277 e. The second-order valence-corrected chi connectivity index (χ2v) is 8.34. The van der Waals surface area contributed by atoms with Crippen LogP contribution >= 0.6 is 0 Å². The van der Waals surface area contributed by atoms with E-state index in [2.05, 4.69) is 9.80 Å². The van der Waals surface area contributed by atoms with Crippen molar-refractivity contribution < 1.29 is 14.8 Å². The molecule has 0 aromatic heterocycles. The van der Waals surface area contributed by atoms with E-state index in [0.29, 0.717) is 18.2 Å². The number of amides is 1. The van der Waals surface area contributed by atoms with E-state index in [-0.39, 0.29) is 0 Å². The molecule has 1 aliphatic carbocycles. The number of para-hydroxylation sites is 2. The Labute approximate surface area is 156 Å². The van der Waals surface area contributed by atoms with E-state index in [4.69, 9.17) is 0 Å². The number of hydrogen-bond acceptors (Lipinski definition) is 3. The van der Waals surface area contributed by atoms with Crippen LogP contribution in [-0.4, -0.2) is 61.7 Å². The van der Waals surface area contributed by atoms with Crippen LogP contribution < -0.4 is 9.80 Å². The van der Waals surface area contributed by atoms with Gasteiger partial charge in [-0.1, -0.05) is 31.4 Å². The van der Waals surface area contributed by atoms with Gasteiger partial charge in [0.1, 0.15) is 5.75 Å². The number of rotatable bonds is 3. The maximum atomic E-state index is 12.8. The van der Waals surface area contributed by atoms with Gasteiger partial charge in [-0.15, -0.1) is 0 Å². The molecular formula is C21H32N3O2+. The fourth-order valence-corrected chi connectivity index (χ4v) is 5.13. The summed E-state index contributed by atoms with van der Waals surface area (Å²) in [7, 11) is 0. The summed E-state index contributed by atoms with van der Waals surface area (Å²) in [5.74, 6) is 2.33. The molecule has 2 N–H and O–H groups in total. The molecule has 5 heteroatoms. The van der Waals surface area contributed by atoms with Crippen LogP contribution in [0.5, 0.6) is 5.75 Å². The van der Waals surface area contributed by atoms with Crippen molar-refractivity contribution in [3.05, 3.63) is 24.3 Å². The highest BCUT2D eigenvalue weighted by atomic mass is 16.3. The van der Waals surface area contributed by atoms with Crippen LogP contribution in [0.3, 0.4) is 0 Å². The molecule has 0 bridgehead atoms. The van der Waals surface area contributed by atoms with Crippen LogP contribution in [-0.2, 0) is 4.79 Å². The van der Waals surface area contributed by atoms with E-state index >= 15 is 0 Å². The largest absolute Gasteiger partial charge is 0.506 e. The van der Waals surface area contributed by atoms with Crippen LogP contribution in [0.15, 0.2) is 24.3 Å². The predicted octanol–water partition coefficient (Wildman–Crippen LogP) is 1.14. The lowest BCUT2D eigenvalue weighted by molar-refractivity contribution is -0.892. The number of quaternary nitrogens is 1. The van der Waals surface area contributed by atoms with Gasteiger partial charge in [-0.3, -0.25) is 4.79 Å². The molecule has 3 fully saturated rings. The summed E-state index contributed by atoms with van der Waals surface area (Å²) < 4.78 is 0. The summed E-state index contributed by atoms with van der Waals surface area (Å²) in [5.41, 5.74) is 0.914. The molecule has 1 aromatic carbocycles. The number of fused-ring (bicyclic) bond motifs is 1. The first-order chi connectivity index (χ1) is 12.7. The number of phenols is 1. The SMILES string of the molecule is O=C(C[NH+]1CCN(c2ccccc2O)CC1)N1CC[C@@H]2CCCC[C@@H]2C1. The molecule has 3 aliphatic rings. The van der Waals surface area contributed by atoms with Gasteiger partial charge in [0, 0.05) is 13.1 Å². The number of carbonyl (C=O) groups is 1. The number of nitrogens with one attached hydrogen (secondary N) is 1. The lowest BCUT2D eigenvalue weighted by atomic mass is 9.75. The van der Waals surface area contributed by atoms with Crippen LogP contribution in [0.25, 0.3) is 0 Å². The Hall–Kier alpha value is -1.75. The van der Waals surface area contributed by atoms with Crippen molar-refractivity contribution in [2.45, 2.75) is 32.1 Å². The van der Waals surface area contributed by atoms with Crippen molar-refractivity contribution in [3.8, 4) is 5.75 Å². The van der Waals surface area contributed by atoms with Gasteiger partial charge in [0.25, 0.3) is 5.91 Å². The molecule has 1 amide bonds. The highest BCUT2D eigenvalue weighted by Gasteiger charge is 2.34. The van der Waals surface area contributed by atoms with E-state index in [9.17, 15) is 9.90 Å². The van der Waals surface area contributed by atoms with Crippen LogP contribution in [0, 0.1) is 11.8 Å². The first-order valence-corrected chi connectivity index (χ1v) is 10.3. The number of phenolic OH excluding ortho intramolecular Hbond substituents is 1.